The van der Waals surface area contributed by atoms with E-state index in [2.05, 4.69) is 42.3 Å². The van der Waals surface area contributed by atoms with Gasteiger partial charge in [-0.1, -0.05) is 30.3 Å². The van der Waals surface area contributed by atoms with Crippen LogP contribution in [-0.4, -0.2) is 24.5 Å². The Bertz CT molecular complexity index is 581. The largest absolute Gasteiger partial charge is 0.302 e. The fourth-order valence-corrected chi connectivity index (χ4v) is 8.11. The molecular weight excluding hydrogens is 290 g/mol. The summed E-state index contributed by atoms with van der Waals surface area (Å²) in [7, 11) is 2.43. The normalized spacial score (nSPS) is 51.5. The second-order valence-electron chi connectivity index (χ2n) is 8.64. The molecule has 5 aliphatic rings. The van der Waals surface area contributed by atoms with E-state index in [1.807, 2.05) is 0 Å². The third kappa shape index (κ3) is 1.42. The monoisotopic (exact) mass is 315 g/mol. The third-order valence-electron chi connectivity index (χ3n) is 8.39. The van der Waals surface area contributed by atoms with Crippen LogP contribution < -0.4 is 0 Å². The minimum atomic E-state index is 0. The molecule has 22 heavy (non-hydrogen) atoms. The van der Waals surface area contributed by atoms with Crippen molar-refractivity contribution in [1.82, 2.24) is 4.90 Å². The SMILES string of the molecule is CN(CCc1ccccc1)[C@H]1[C@H]2[C@H]3C[C@@H]4[C@H]5[C@H]3C[C@H]2[C@@H]5[C@H]41.Cl. The van der Waals surface area contributed by atoms with Gasteiger partial charge in [-0.3, -0.25) is 0 Å². The van der Waals surface area contributed by atoms with Crippen LogP contribution in [0, 0.1) is 47.3 Å². The van der Waals surface area contributed by atoms with Gasteiger partial charge in [-0.25, -0.2) is 0 Å². The molecule has 118 valence electrons. The smallest absolute Gasteiger partial charge is 0.0160 e. The topological polar surface area (TPSA) is 3.24 Å². The van der Waals surface area contributed by atoms with Gasteiger partial charge in [-0.15, -0.1) is 12.4 Å². The molecule has 5 saturated carbocycles. The summed E-state index contributed by atoms with van der Waals surface area (Å²) in [5.74, 6) is 9.20. The van der Waals surface area contributed by atoms with Gasteiger partial charge >= 0.3 is 0 Å². The van der Waals surface area contributed by atoms with Crippen molar-refractivity contribution in [3.05, 3.63) is 35.9 Å². The van der Waals surface area contributed by atoms with Crippen LogP contribution in [0.25, 0.3) is 0 Å². The zero-order chi connectivity index (χ0) is 13.7. The van der Waals surface area contributed by atoms with E-state index in [0.717, 1.165) is 35.6 Å². The Labute approximate surface area is 139 Å². The Balaban J connectivity index is 0.00000113. The number of benzene rings is 1. The minimum Gasteiger partial charge on any atom is -0.302 e. The lowest BCUT2D eigenvalue weighted by molar-refractivity contribution is -0.0196. The first-order chi connectivity index (χ1) is 10.3. The highest BCUT2D eigenvalue weighted by atomic mass is 35.5. The summed E-state index contributed by atoms with van der Waals surface area (Å²) in [6.07, 6.45) is 4.48. The van der Waals surface area contributed by atoms with E-state index >= 15 is 0 Å². The van der Waals surface area contributed by atoms with E-state index in [4.69, 9.17) is 0 Å². The molecule has 0 heterocycles. The Morgan fingerprint density at radius 1 is 0.864 bits per heavy atom. The van der Waals surface area contributed by atoms with Crippen molar-refractivity contribution in [2.24, 2.45) is 47.3 Å². The molecule has 5 fully saturated rings. The summed E-state index contributed by atoms with van der Waals surface area (Å²) in [6, 6.07) is 12.0. The quantitative estimate of drug-likeness (QED) is 0.818. The van der Waals surface area contributed by atoms with Crippen molar-refractivity contribution in [1.29, 1.82) is 0 Å². The number of nitrogens with zero attached hydrogens (tertiary/aromatic N) is 1. The van der Waals surface area contributed by atoms with Gasteiger partial charge in [-0.2, -0.15) is 0 Å². The molecule has 0 spiro atoms. The molecule has 0 N–H and O–H groups in total. The maximum Gasteiger partial charge on any atom is 0.0160 e. The molecule has 2 heteroatoms. The highest BCUT2D eigenvalue weighted by Crippen LogP contribution is 2.83. The van der Waals surface area contributed by atoms with E-state index in [1.54, 1.807) is 12.8 Å². The predicted molar refractivity (Wildman–Crippen MR) is 91.0 cm³/mol. The lowest BCUT2D eigenvalue weighted by atomic mass is 9.58. The Kier molecular flexibility index (Phi) is 2.84. The molecule has 5 aliphatic carbocycles. The third-order valence-corrected chi connectivity index (χ3v) is 8.39. The Morgan fingerprint density at radius 2 is 1.55 bits per heavy atom. The zero-order valence-electron chi connectivity index (χ0n) is 13.3. The second kappa shape index (κ2) is 4.51. The first-order valence-electron chi connectivity index (χ1n) is 9.09. The molecule has 1 nitrogen and oxygen atoms in total. The van der Waals surface area contributed by atoms with Crippen molar-refractivity contribution in [2.45, 2.75) is 25.3 Å². The van der Waals surface area contributed by atoms with Crippen LogP contribution in [0.4, 0.5) is 0 Å². The average Bonchev–Trinajstić information content (AvgIpc) is 3.05. The zero-order valence-corrected chi connectivity index (χ0v) is 14.1. The molecule has 1 aromatic carbocycles. The van der Waals surface area contributed by atoms with Gasteiger partial charge in [-0.05, 0) is 79.2 Å². The summed E-state index contributed by atoms with van der Waals surface area (Å²) in [5.41, 5.74) is 1.51. The summed E-state index contributed by atoms with van der Waals surface area (Å²) in [5, 5.41) is 0. The van der Waals surface area contributed by atoms with Crippen molar-refractivity contribution in [3.8, 4) is 0 Å². The van der Waals surface area contributed by atoms with Crippen LogP contribution in [0.5, 0.6) is 0 Å². The van der Waals surface area contributed by atoms with Gasteiger partial charge in [0.05, 0.1) is 0 Å². The highest BCUT2D eigenvalue weighted by molar-refractivity contribution is 5.85. The molecule has 1 aromatic rings. The summed E-state index contributed by atoms with van der Waals surface area (Å²) >= 11 is 0. The number of hydrogen-bond donors (Lipinski definition) is 0. The Hall–Kier alpha value is -0.530. The highest BCUT2D eigenvalue weighted by Gasteiger charge is 2.80. The molecule has 0 saturated heterocycles. The van der Waals surface area contributed by atoms with Gasteiger partial charge in [0.2, 0.25) is 0 Å². The molecule has 2 bridgehead atoms. The van der Waals surface area contributed by atoms with Crippen LogP contribution >= 0.6 is 12.4 Å². The van der Waals surface area contributed by atoms with Crippen molar-refractivity contribution >= 4 is 12.4 Å². The van der Waals surface area contributed by atoms with E-state index in [-0.39, 0.29) is 12.4 Å². The van der Waals surface area contributed by atoms with Gasteiger partial charge in [0.25, 0.3) is 0 Å². The average molecular weight is 316 g/mol. The molecule has 0 unspecified atom stereocenters. The molecule has 0 aliphatic heterocycles. The van der Waals surface area contributed by atoms with Gasteiger partial charge in [0, 0.05) is 12.6 Å². The van der Waals surface area contributed by atoms with Crippen molar-refractivity contribution < 1.29 is 0 Å². The molecule has 0 aromatic heterocycles. The van der Waals surface area contributed by atoms with E-state index in [9.17, 15) is 0 Å². The number of halogens is 1. The Morgan fingerprint density at radius 3 is 2.32 bits per heavy atom. The molecule has 9 atom stereocenters. The van der Waals surface area contributed by atoms with Crippen LogP contribution in [0.1, 0.15) is 18.4 Å². The first kappa shape index (κ1) is 13.9. The van der Waals surface area contributed by atoms with Crippen molar-refractivity contribution in [2.75, 3.05) is 13.6 Å². The van der Waals surface area contributed by atoms with Crippen molar-refractivity contribution in [3.63, 3.8) is 0 Å². The van der Waals surface area contributed by atoms with E-state index < -0.39 is 0 Å². The number of fused-ring (bicyclic) bond motifs is 2. The first-order valence-corrected chi connectivity index (χ1v) is 9.09. The maximum absolute atomic E-state index is 2.78. The summed E-state index contributed by atoms with van der Waals surface area (Å²) in [6.45, 7) is 1.26. The standard InChI is InChI=1S/C20H25N.ClH/c1-21(8-7-11-5-3-2-4-6-11)20-17-13-10-14-16-12(13)9-15(17)18(16)19(14)20;/h2-6,12-20H,7-10H2,1H3;1H/t12-,13-,14+,15+,16+,17-,18-,19-,20-;/m0./s1. The number of hydrogen-bond acceptors (Lipinski definition) is 1. The lowest BCUT2D eigenvalue weighted by Gasteiger charge is -2.50. The minimum absolute atomic E-state index is 0. The van der Waals surface area contributed by atoms with Gasteiger partial charge in [0.1, 0.15) is 0 Å². The van der Waals surface area contributed by atoms with Crippen LogP contribution in [0.3, 0.4) is 0 Å². The predicted octanol–water partition coefficient (Wildman–Crippen LogP) is 3.73. The lowest BCUT2D eigenvalue weighted by Crippen LogP contribution is -2.52. The molecule has 6 rings (SSSR count). The molecule has 0 radical (unpaired) electrons. The fourth-order valence-electron chi connectivity index (χ4n) is 8.11. The van der Waals surface area contributed by atoms with E-state index in [0.29, 0.717) is 0 Å². The molecular formula is C20H26ClN. The molecule has 0 amide bonds. The summed E-state index contributed by atoms with van der Waals surface area (Å²) < 4.78 is 0. The number of likely N-dealkylation sites (N-methyl/N-ethyl adjacent to an activating group) is 1. The number of rotatable bonds is 4. The fraction of sp³-hybridized carbons (Fsp3) is 0.700. The van der Waals surface area contributed by atoms with Gasteiger partial charge < -0.3 is 4.90 Å². The van der Waals surface area contributed by atoms with Crippen LogP contribution in [0.2, 0.25) is 0 Å². The van der Waals surface area contributed by atoms with Crippen LogP contribution in [-0.2, 0) is 6.42 Å². The summed E-state index contributed by atoms with van der Waals surface area (Å²) in [4.78, 5) is 2.78. The van der Waals surface area contributed by atoms with E-state index in [1.165, 1.54) is 36.3 Å². The maximum atomic E-state index is 2.78. The van der Waals surface area contributed by atoms with Crippen LogP contribution in [0.15, 0.2) is 30.3 Å². The second-order valence-corrected chi connectivity index (χ2v) is 8.64. The van der Waals surface area contributed by atoms with Gasteiger partial charge in [0.15, 0.2) is 0 Å².